The zero-order valence-electron chi connectivity index (χ0n) is 10.8. The summed E-state index contributed by atoms with van der Waals surface area (Å²) in [5.74, 6) is 0.660. The second kappa shape index (κ2) is 5.69. The van der Waals surface area contributed by atoms with Crippen LogP contribution in [-0.4, -0.2) is 21.0 Å². The van der Waals surface area contributed by atoms with Gasteiger partial charge in [-0.2, -0.15) is 0 Å². The maximum absolute atomic E-state index is 5.91. The van der Waals surface area contributed by atoms with E-state index in [1.54, 1.807) is 6.20 Å². The molecule has 0 aliphatic heterocycles. The molecule has 2 heterocycles. The van der Waals surface area contributed by atoms with E-state index in [0.717, 1.165) is 29.7 Å². The Balaban J connectivity index is 2.17. The highest BCUT2D eigenvalue weighted by atomic mass is 14.9. The summed E-state index contributed by atoms with van der Waals surface area (Å²) in [6.45, 7) is 4.11. The molecule has 2 aromatic rings. The molecule has 0 aliphatic rings. The Morgan fingerprint density at radius 1 is 1.22 bits per heavy atom. The van der Waals surface area contributed by atoms with Gasteiger partial charge in [-0.3, -0.25) is 4.98 Å². The lowest BCUT2D eigenvalue weighted by atomic mass is 10.1. The van der Waals surface area contributed by atoms with E-state index in [2.05, 4.69) is 21.9 Å². The van der Waals surface area contributed by atoms with E-state index in [1.807, 2.05) is 31.5 Å². The number of rotatable bonds is 4. The molecule has 94 valence electrons. The topological polar surface area (TPSA) is 64.7 Å². The van der Waals surface area contributed by atoms with E-state index in [1.165, 1.54) is 0 Å². The van der Waals surface area contributed by atoms with Crippen molar-refractivity contribution in [3.63, 3.8) is 0 Å². The zero-order valence-corrected chi connectivity index (χ0v) is 10.8. The number of pyridine rings is 1. The molecule has 2 aromatic heterocycles. The molecule has 0 saturated heterocycles. The number of nitrogens with zero attached hydrogens (tertiary/aromatic N) is 3. The van der Waals surface area contributed by atoms with Crippen LogP contribution in [0.5, 0.6) is 0 Å². The quantitative estimate of drug-likeness (QED) is 0.892. The van der Waals surface area contributed by atoms with Gasteiger partial charge in [0, 0.05) is 24.6 Å². The van der Waals surface area contributed by atoms with Crippen LogP contribution in [0.15, 0.2) is 30.7 Å². The van der Waals surface area contributed by atoms with Crippen molar-refractivity contribution in [3.8, 4) is 11.5 Å². The average molecular weight is 242 g/mol. The van der Waals surface area contributed by atoms with Crippen molar-refractivity contribution in [3.05, 3.63) is 41.9 Å². The minimum Gasteiger partial charge on any atom is -0.327 e. The fourth-order valence-electron chi connectivity index (χ4n) is 1.70. The first-order valence-corrected chi connectivity index (χ1v) is 6.18. The first kappa shape index (κ1) is 12.6. The fraction of sp³-hybridized carbons (Fsp3) is 0.357. The molecule has 1 unspecified atom stereocenters. The Bertz CT molecular complexity index is 507. The van der Waals surface area contributed by atoms with Gasteiger partial charge in [-0.1, -0.05) is 6.92 Å². The van der Waals surface area contributed by atoms with Crippen LogP contribution in [0.3, 0.4) is 0 Å². The standard InChI is InChI=1S/C14H18N4/c1-3-12(15)7-11-8-17-14(18-9-11)13-6-10(2)4-5-16-13/h4-6,8-9,12H,3,7,15H2,1-2H3. The minimum atomic E-state index is 0.177. The second-order valence-electron chi connectivity index (χ2n) is 4.51. The SMILES string of the molecule is CCC(N)Cc1cnc(-c2cc(C)ccn2)nc1. The first-order valence-electron chi connectivity index (χ1n) is 6.18. The fourth-order valence-corrected chi connectivity index (χ4v) is 1.70. The van der Waals surface area contributed by atoms with E-state index < -0.39 is 0 Å². The molecule has 4 nitrogen and oxygen atoms in total. The smallest absolute Gasteiger partial charge is 0.178 e. The first-order chi connectivity index (χ1) is 8.69. The molecule has 0 fully saturated rings. The molecule has 4 heteroatoms. The highest BCUT2D eigenvalue weighted by Crippen LogP contribution is 2.13. The Morgan fingerprint density at radius 2 is 1.94 bits per heavy atom. The lowest BCUT2D eigenvalue weighted by Crippen LogP contribution is -2.21. The summed E-state index contributed by atoms with van der Waals surface area (Å²) in [7, 11) is 0. The second-order valence-corrected chi connectivity index (χ2v) is 4.51. The van der Waals surface area contributed by atoms with E-state index in [4.69, 9.17) is 5.73 Å². The lowest BCUT2D eigenvalue weighted by Gasteiger charge is -2.08. The van der Waals surface area contributed by atoms with Crippen LogP contribution in [0.1, 0.15) is 24.5 Å². The van der Waals surface area contributed by atoms with E-state index >= 15 is 0 Å². The van der Waals surface area contributed by atoms with Crippen LogP contribution in [0, 0.1) is 6.92 Å². The summed E-state index contributed by atoms with van der Waals surface area (Å²) in [6.07, 6.45) is 7.22. The van der Waals surface area contributed by atoms with Crippen molar-refractivity contribution < 1.29 is 0 Å². The van der Waals surface area contributed by atoms with Crippen molar-refractivity contribution in [2.45, 2.75) is 32.7 Å². The van der Waals surface area contributed by atoms with Gasteiger partial charge < -0.3 is 5.73 Å². The predicted molar refractivity (Wildman–Crippen MR) is 72.0 cm³/mol. The minimum absolute atomic E-state index is 0.177. The third kappa shape index (κ3) is 3.11. The van der Waals surface area contributed by atoms with E-state index in [9.17, 15) is 0 Å². The Hall–Kier alpha value is -1.81. The highest BCUT2D eigenvalue weighted by Gasteiger charge is 2.05. The van der Waals surface area contributed by atoms with Crippen molar-refractivity contribution in [1.82, 2.24) is 15.0 Å². The maximum atomic E-state index is 5.91. The van der Waals surface area contributed by atoms with Gasteiger partial charge in [0.05, 0.1) is 0 Å². The van der Waals surface area contributed by atoms with Crippen LogP contribution < -0.4 is 5.73 Å². The molecule has 0 bridgehead atoms. The molecule has 0 aliphatic carbocycles. The van der Waals surface area contributed by atoms with Gasteiger partial charge in [-0.15, -0.1) is 0 Å². The monoisotopic (exact) mass is 242 g/mol. The summed E-state index contributed by atoms with van der Waals surface area (Å²) < 4.78 is 0. The third-order valence-electron chi connectivity index (χ3n) is 2.87. The Morgan fingerprint density at radius 3 is 2.56 bits per heavy atom. The normalized spacial score (nSPS) is 12.4. The summed E-state index contributed by atoms with van der Waals surface area (Å²) >= 11 is 0. The summed E-state index contributed by atoms with van der Waals surface area (Å²) in [5.41, 5.74) is 8.94. The molecule has 0 radical (unpaired) electrons. The molecule has 1 atom stereocenters. The summed E-state index contributed by atoms with van der Waals surface area (Å²) in [5, 5.41) is 0. The van der Waals surface area contributed by atoms with Crippen LogP contribution in [-0.2, 0) is 6.42 Å². The number of aromatic nitrogens is 3. The average Bonchev–Trinajstić information content (AvgIpc) is 2.39. The number of aryl methyl sites for hydroxylation is 1. The molecule has 0 spiro atoms. The van der Waals surface area contributed by atoms with Crippen LogP contribution in [0.4, 0.5) is 0 Å². The van der Waals surface area contributed by atoms with E-state index in [0.29, 0.717) is 5.82 Å². The number of hydrogen-bond donors (Lipinski definition) is 1. The van der Waals surface area contributed by atoms with Gasteiger partial charge >= 0.3 is 0 Å². The third-order valence-corrected chi connectivity index (χ3v) is 2.87. The van der Waals surface area contributed by atoms with Crippen LogP contribution in [0.2, 0.25) is 0 Å². The molecule has 0 saturated carbocycles. The van der Waals surface area contributed by atoms with Crippen LogP contribution in [0.25, 0.3) is 11.5 Å². The maximum Gasteiger partial charge on any atom is 0.178 e. The molecule has 2 rings (SSSR count). The number of nitrogens with two attached hydrogens (primary N) is 1. The Kier molecular flexibility index (Phi) is 3.99. The van der Waals surface area contributed by atoms with Crippen molar-refractivity contribution in [2.75, 3.05) is 0 Å². The van der Waals surface area contributed by atoms with Gasteiger partial charge in [-0.25, -0.2) is 9.97 Å². The van der Waals surface area contributed by atoms with Gasteiger partial charge in [-0.05, 0) is 43.0 Å². The molecule has 0 amide bonds. The van der Waals surface area contributed by atoms with Gasteiger partial charge in [0.25, 0.3) is 0 Å². The molecule has 0 aromatic carbocycles. The number of hydrogen-bond acceptors (Lipinski definition) is 4. The summed E-state index contributed by atoms with van der Waals surface area (Å²) in [4.78, 5) is 13.0. The van der Waals surface area contributed by atoms with Crippen molar-refractivity contribution in [2.24, 2.45) is 5.73 Å². The Labute approximate surface area is 107 Å². The van der Waals surface area contributed by atoms with Gasteiger partial charge in [0.1, 0.15) is 5.69 Å². The molecule has 18 heavy (non-hydrogen) atoms. The zero-order chi connectivity index (χ0) is 13.0. The van der Waals surface area contributed by atoms with Crippen molar-refractivity contribution in [1.29, 1.82) is 0 Å². The van der Waals surface area contributed by atoms with E-state index in [-0.39, 0.29) is 6.04 Å². The highest BCUT2D eigenvalue weighted by molar-refractivity contribution is 5.49. The lowest BCUT2D eigenvalue weighted by molar-refractivity contribution is 0.643. The molecule has 2 N–H and O–H groups in total. The van der Waals surface area contributed by atoms with Gasteiger partial charge in [0.2, 0.25) is 0 Å². The predicted octanol–water partition coefficient (Wildman–Crippen LogP) is 2.13. The molecular formula is C14H18N4. The molecular weight excluding hydrogens is 224 g/mol. The summed E-state index contributed by atoms with van der Waals surface area (Å²) in [6, 6.07) is 4.11. The van der Waals surface area contributed by atoms with Crippen LogP contribution >= 0.6 is 0 Å². The largest absolute Gasteiger partial charge is 0.327 e. The van der Waals surface area contributed by atoms with Crippen molar-refractivity contribution >= 4 is 0 Å². The van der Waals surface area contributed by atoms with Gasteiger partial charge in [0.15, 0.2) is 5.82 Å².